The summed E-state index contributed by atoms with van der Waals surface area (Å²) in [5.41, 5.74) is 2.14. The number of piperidine rings is 1. The van der Waals surface area contributed by atoms with Gasteiger partial charge in [0.2, 0.25) is 0 Å². The van der Waals surface area contributed by atoms with E-state index in [-0.39, 0.29) is 22.7 Å². The number of nitro groups is 1. The Bertz CT molecular complexity index is 721. The lowest BCUT2D eigenvalue weighted by atomic mass is 9.92. The van der Waals surface area contributed by atoms with E-state index < -0.39 is 0 Å². The zero-order valence-electron chi connectivity index (χ0n) is 14.3. The predicted octanol–water partition coefficient (Wildman–Crippen LogP) is 3.19. The van der Waals surface area contributed by atoms with Crippen LogP contribution in [-0.2, 0) is 6.54 Å². The zero-order chi connectivity index (χ0) is 17.6. The minimum atomic E-state index is -0.377. The van der Waals surface area contributed by atoms with Gasteiger partial charge in [-0.2, -0.15) is 0 Å². The minimum absolute atomic E-state index is 0.0824. The van der Waals surface area contributed by atoms with Crippen LogP contribution in [0, 0.1) is 10.1 Å². The average Bonchev–Trinajstić information content (AvgIpc) is 2.67. The quantitative estimate of drug-likeness (QED) is 0.623. The number of non-ortho nitro benzene ring substituents is 1. The van der Waals surface area contributed by atoms with E-state index >= 15 is 0 Å². The van der Waals surface area contributed by atoms with Gasteiger partial charge in [-0.1, -0.05) is 30.3 Å². The molecule has 0 amide bonds. The molecule has 2 atom stereocenters. The van der Waals surface area contributed by atoms with Crippen molar-refractivity contribution in [2.75, 3.05) is 13.7 Å². The van der Waals surface area contributed by atoms with E-state index in [4.69, 9.17) is 4.74 Å². The van der Waals surface area contributed by atoms with Crippen molar-refractivity contribution in [3.63, 3.8) is 0 Å². The third kappa shape index (κ3) is 4.15. The molecular weight excluding hydrogens is 318 g/mol. The molecule has 25 heavy (non-hydrogen) atoms. The smallest absolute Gasteiger partial charge is 0.270 e. The Balaban J connectivity index is 1.75. The van der Waals surface area contributed by atoms with Crippen LogP contribution in [-0.4, -0.2) is 24.6 Å². The fourth-order valence-corrected chi connectivity index (χ4v) is 3.38. The molecule has 0 aliphatic carbocycles. The molecule has 0 radical (unpaired) electrons. The molecule has 0 aromatic heterocycles. The normalized spacial score (nSPS) is 20.2. The Kier molecular flexibility index (Phi) is 5.63. The first kappa shape index (κ1) is 17.4. The van der Waals surface area contributed by atoms with Crippen LogP contribution in [0.1, 0.15) is 30.0 Å². The van der Waals surface area contributed by atoms with Crippen molar-refractivity contribution >= 4 is 5.69 Å². The summed E-state index contributed by atoms with van der Waals surface area (Å²) in [6.45, 7) is 1.53. The first-order valence-corrected chi connectivity index (χ1v) is 8.52. The monoisotopic (exact) mass is 341 g/mol. The molecule has 0 saturated carbocycles. The van der Waals surface area contributed by atoms with E-state index in [0.717, 1.165) is 24.9 Å². The van der Waals surface area contributed by atoms with Gasteiger partial charge >= 0.3 is 0 Å². The van der Waals surface area contributed by atoms with E-state index in [1.165, 1.54) is 11.6 Å². The molecule has 2 aromatic carbocycles. The van der Waals surface area contributed by atoms with E-state index in [0.29, 0.717) is 12.3 Å². The summed E-state index contributed by atoms with van der Waals surface area (Å²) in [7, 11) is 1.58. The Morgan fingerprint density at radius 2 is 2.08 bits per heavy atom. The highest BCUT2D eigenvalue weighted by Gasteiger charge is 2.26. The number of methoxy groups -OCH3 is 1. The lowest BCUT2D eigenvalue weighted by molar-refractivity contribution is -0.384. The molecule has 132 valence electrons. The van der Waals surface area contributed by atoms with Crippen molar-refractivity contribution < 1.29 is 9.66 Å². The van der Waals surface area contributed by atoms with Gasteiger partial charge in [0.1, 0.15) is 5.75 Å². The van der Waals surface area contributed by atoms with Crippen LogP contribution < -0.4 is 15.4 Å². The Morgan fingerprint density at radius 3 is 2.80 bits per heavy atom. The molecule has 1 aliphatic rings. The highest BCUT2D eigenvalue weighted by atomic mass is 16.6. The number of benzene rings is 2. The van der Waals surface area contributed by atoms with Crippen LogP contribution in [0.5, 0.6) is 5.75 Å². The summed E-state index contributed by atoms with van der Waals surface area (Å²) in [6, 6.07) is 15.6. The van der Waals surface area contributed by atoms with Gasteiger partial charge < -0.3 is 15.4 Å². The number of nitro benzene ring substituents is 1. The summed E-state index contributed by atoms with van der Waals surface area (Å²) in [6.07, 6.45) is 2.16. The van der Waals surface area contributed by atoms with Crippen LogP contribution in [0.4, 0.5) is 5.69 Å². The fraction of sp³-hybridized carbons (Fsp3) is 0.368. The topological polar surface area (TPSA) is 76.4 Å². The average molecular weight is 341 g/mol. The maximum atomic E-state index is 11.0. The second-order valence-electron chi connectivity index (χ2n) is 6.23. The molecule has 3 rings (SSSR count). The molecule has 2 N–H and O–H groups in total. The van der Waals surface area contributed by atoms with Gasteiger partial charge in [0.15, 0.2) is 0 Å². The molecule has 6 heteroatoms. The molecule has 2 aromatic rings. The van der Waals surface area contributed by atoms with E-state index in [1.807, 2.05) is 18.2 Å². The Morgan fingerprint density at radius 1 is 1.28 bits per heavy atom. The predicted molar refractivity (Wildman–Crippen MR) is 96.7 cm³/mol. The highest BCUT2D eigenvalue weighted by Crippen LogP contribution is 2.27. The van der Waals surface area contributed by atoms with Gasteiger partial charge in [-0.05, 0) is 31.0 Å². The van der Waals surface area contributed by atoms with E-state index in [1.54, 1.807) is 19.2 Å². The van der Waals surface area contributed by atoms with Crippen molar-refractivity contribution in [1.29, 1.82) is 0 Å². The molecule has 0 bridgehead atoms. The molecule has 0 spiro atoms. The van der Waals surface area contributed by atoms with Gasteiger partial charge in [0.05, 0.1) is 12.0 Å². The summed E-state index contributed by atoms with van der Waals surface area (Å²) in [5.74, 6) is 0.665. The van der Waals surface area contributed by atoms with Crippen molar-refractivity contribution in [3.05, 3.63) is 69.8 Å². The van der Waals surface area contributed by atoms with Crippen LogP contribution in [0.15, 0.2) is 48.5 Å². The first-order valence-electron chi connectivity index (χ1n) is 8.52. The molecule has 1 heterocycles. The largest absolute Gasteiger partial charge is 0.496 e. The minimum Gasteiger partial charge on any atom is -0.496 e. The Hall–Kier alpha value is -2.44. The number of nitrogens with one attached hydrogen (secondary N) is 2. The zero-order valence-corrected chi connectivity index (χ0v) is 14.3. The van der Waals surface area contributed by atoms with Crippen LogP contribution in [0.3, 0.4) is 0 Å². The van der Waals surface area contributed by atoms with Gasteiger partial charge in [-0.15, -0.1) is 0 Å². The maximum absolute atomic E-state index is 11.0. The second-order valence-corrected chi connectivity index (χ2v) is 6.23. The summed E-state index contributed by atoms with van der Waals surface area (Å²) in [4.78, 5) is 10.7. The standard InChI is InChI=1S/C19H23N3O3/c1-25-18-10-9-16(22(23)24)12-15(18)13-21-17-8-5-11-20-19(17)14-6-3-2-4-7-14/h2-4,6-7,9-10,12,17,19-21H,5,8,11,13H2,1H3/t17-,19-/m0/s1. The number of hydrogen-bond donors (Lipinski definition) is 2. The van der Waals surface area contributed by atoms with Crippen LogP contribution >= 0.6 is 0 Å². The number of ether oxygens (including phenoxy) is 1. The third-order valence-electron chi connectivity index (χ3n) is 4.65. The summed E-state index contributed by atoms with van der Waals surface area (Å²) in [5, 5.41) is 18.2. The van der Waals surface area contributed by atoms with Crippen molar-refractivity contribution in [1.82, 2.24) is 10.6 Å². The first-order chi connectivity index (χ1) is 12.2. The van der Waals surface area contributed by atoms with Gasteiger partial charge in [0.25, 0.3) is 5.69 Å². The van der Waals surface area contributed by atoms with E-state index in [9.17, 15) is 10.1 Å². The van der Waals surface area contributed by atoms with Gasteiger partial charge in [0, 0.05) is 36.3 Å². The lowest BCUT2D eigenvalue weighted by Crippen LogP contribution is -2.45. The van der Waals surface area contributed by atoms with Crippen molar-refractivity contribution in [2.45, 2.75) is 31.5 Å². The molecule has 1 fully saturated rings. The molecule has 6 nitrogen and oxygen atoms in total. The number of hydrogen-bond acceptors (Lipinski definition) is 5. The van der Waals surface area contributed by atoms with Gasteiger partial charge in [-0.25, -0.2) is 0 Å². The van der Waals surface area contributed by atoms with E-state index in [2.05, 4.69) is 22.8 Å². The summed E-state index contributed by atoms with van der Waals surface area (Å²) >= 11 is 0. The maximum Gasteiger partial charge on any atom is 0.270 e. The molecule has 0 unspecified atom stereocenters. The second kappa shape index (κ2) is 8.09. The SMILES string of the molecule is COc1ccc([N+](=O)[O-])cc1CN[C@H]1CCCN[C@H]1c1ccccc1. The number of nitrogens with zero attached hydrogens (tertiary/aromatic N) is 1. The van der Waals surface area contributed by atoms with Crippen molar-refractivity contribution in [2.24, 2.45) is 0 Å². The summed E-state index contributed by atoms with van der Waals surface area (Å²) < 4.78 is 5.35. The highest BCUT2D eigenvalue weighted by molar-refractivity contribution is 5.43. The van der Waals surface area contributed by atoms with Gasteiger partial charge in [-0.3, -0.25) is 10.1 Å². The fourth-order valence-electron chi connectivity index (χ4n) is 3.38. The lowest BCUT2D eigenvalue weighted by Gasteiger charge is -2.34. The third-order valence-corrected chi connectivity index (χ3v) is 4.65. The van der Waals surface area contributed by atoms with Crippen LogP contribution in [0.2, 0.25) is 0 Å². The molecular formula is C19H23N3O3. The number of rotatable bonds is 6. The molecule has 1 saturated heterocycles. The van der Waals surface area contributed by atoms with Crippen molar-refractivity contribution in [3.8, 4) is 5.75 Å². The Labute approximate surface area is 147 Å². The molecule has 1 aliphatic heterocycles. The van der Waals surface area contributed by atoms with Crippen LogP contribution in [0.25, 0.3) is 0 Å².